The molecule has 0 saturated carbocycles. The molecule has 0 atom stereocenters. The molecule has 5 heteroatoms. The highest BCUT2D eigenvalue weighted by Crippen LogP contribution is 2.04. The van der Waals surface area contributed by atoms with Gasteiger partial charge in [-0.2, -0.15) is 0 Å². The molecule has 0 aliphatic heterocycles. The van der Waals surface area contributed by atoms with E-state index in [2.05, 4.69) is 4.98 Å². The molecule has 0 unspecified atom stereocenters. The summed E-state index contributed by atoms with van der Waals surface area (Å²) in [7, 11) is 0. The van der Waals surface area contributed by atoms with Crippen LogP contribution in [0.3, 0.4) is 0 Å². The maximum Gasteiger partial charge on any atom is 0.357 e. The van der Waals surface area contributed by atoms with Gasteiger partial charge in [0.05, 0.1) is 35.7 Å². The quantitative estimate of drug-likeness (QED) is 0.598. The Balaban J connectivity index is 2.76. The molecule has 0 aliphatic rings. The number of hydrogen-bond donors (Lipinski definition) is 0. The molecule has 0 N–H and O–H groups in total. The van der Waals surface area contributed by atoms with Crippen LogP contribution in [-0.2, 0) is 4.74 Å². The Morgan fingerprint density at radius 2 is 2.64 bits per heavy atom. The summed E-state index contributed by atoms with van der Waals surface area (Å²) >= 11 is 1.96. The van der Waals surface area contributed by atoms with Crippen molar-refractivity contribution in [2.45, 2.75) is 6.92 Å². The maximum absolute atomic E-state index is 11.0. The number of ether oxygens (including phenoxy) is 1. The van der Waals surface area contributed by atoms with Crippen LogP contribution in [0, 0.1) is 0 Å². The summed E-state index contributed by atoms with van der Waals surface area (Å²) in [6.45, 7) is 2.16. The van der Waals surface area contributed by atoms with Crippen molar-refractivity contribution in [2.24, 2.45) is 0 Å². The number of nitrogens with zero attached hydrogens (tertiary/aromatic N) is 2. The van der Waals surface area contributed by atoms with Gasteiger partial charge >= 0.3 is 5.97 Å². The van der Waals surface area contributed by atoms with Crippen molar-refractivity contribution in [1.29, 1.82) is 0 Å². The van der Waals surface area contributed by atoms with Crippen molar-refractivity contribution in [1.82, 2.24) is 7.76 Å². The standard InChI is InChI=1S/C6H7IN2O2/c1-2-11-6(10)5-3-8-4-9(5)7/h3-4H,2H2,1H3. The largest absolute Gasteiger partial charge is 0.461 e. The van der Waals surface area contributed by atoms with Crippen LogP contribution in [0.15, 0.2) is 12.5 Å². The van der Waals surface area contributed by atoms with Crippen molar-refractivity contribution in [2.75, 3.05) is 6.61 Å². The molecule has 0 fully saturated rings. The third-order valence-electron chi connectivity index (χ3n) is 1.08. The molecule has 4 nitrogen and oxygen atoms in total. The molecule has 0 aromatic carbocycles. The van der Waals surface area contributed by atoms with E-state index < -0.39 is 0 Å². The van der Waals surface area contributed by atoms with Crippen LogP contribution < -0.4 is 0 Å². The van der Waals surface area contributed by atoms with Gasteiger partial charge in [-0.25, -0.2) is 9.78 Å². The number of hydrogen-bond acceptors (Lipinski definition) is 3. The number of carbonyl (C=O) groups is 1. The minimum Gasteiger partial charge on any atom is -0.461 e. The zero-order valence-electron chi connectivity index (χ0n) is 5.95. The van der Waals surface area contributed by atoms with E-state index >= 15 is 0 Å². The summed E-state index contributed by atoms with van der Waals surface area (Å²) in [5, 5.41) is 0. The fraction of sp³-hybridized carbons (Fsp3) is 0.333. The molecule has 0 spiro atoms. The smallest absolute Gasteiger partial charge is 0.357 e. The average Bonchev–Trinajstić information content (AvgIpc) is 2.36. The van der Waals surface area contributed by atoms with Crippen LogP contribution in [0.4, 0.5) is 0 Å². The van der Waals surface area contributed by atoms with E-state index in [4.69, 9.17) is 4.74 Å². The van der Waals surface area contributed by atoms with Gasteiger partial charge in [0.2, 0.25) is 0 Å². The van der Waals surface area contributed by atoms with E-state index in [1.165, 1.54) is 6.20 Å². The number of aromatic nitrogens is 2. The van der Waals surface area contributed by atoms with Gasteiger partial charge in [0, 0.05) is 0 Å². The minimum atomic E-state index is -0.334. The van der Waals surface area contributed by atoms with E-state index in [0.717, 1.165) is 0 Å². The van der Waals surface area contributed by atoms with Gasteiger partial charge in [-0.1, -0.05) is 0 Å². The Morgan fingerprint density at radius 1 is 1.91 bits per heavy atom. The molecule has 1 aromatic heterocycles. The van der Waals surface area contributed by atoms with Crippen LogP contribution in [-0.4, -0.2) is 20.3 Å². The van der Waals surface area contributed by atoms with E-state index in [0.29, 0.717) is 12.3 Å². The van der Waals surface area contributed by atoms with Gasteiger partial charge < -0.3 is 4.74 Å². The second-order valence-electron chi connectivity index (χ2n) is 1.81. The van der Waals surface area contributed by atoms with Gasteiger partial charge in [-0.05, 0) is 6.92 Å². The fourth-order valence-electron chi connectivity index (χ4n) is 0.625. The van der Waals surface area contributed by atoms with Gasteiger partial charge in [-0.15, -0.1) is 0 Å². The van der Waals surface area contributed by atoms with Crippen molar-refractivity contribution in [3.8, 4) is 0 Å². The monoisotopic (exact) mass is 266 g/mol. The summed E-state index contributed by atoms with van der Waals surface area (Å²) in [6, 6.07) is 0. The topological polar surface area (TPSA) is 44.1 Å². The third kappa shape index (κ3) is 1.92. The predicted octanol–water partition coefficient (Wildman–Crippen LogP) is 1.26. The summed E-state index contributed by atoms with van der Waals surface area (Å²) in [4.78, 5) is 14.8. The molecular weight excluding hydrogens is 259 g/mol. The first-order valence-corrected chi connectivity index (χ1v) is 4.07. The van der Waals surface area contributed by atoms with Crippen molar-refractivity contribution >= 4 is 28.8 Å². The van der Waals surface area contributed by atoms with Crippen LogP contribution in [0.25, 0.3) is 0 Å². The van der Waals surface area contributed by atoms with Crippen LogP contribution in [0.1, 0.15) is 17.4 Å². The van der Waals surface area contributed by atoms with Crippen molar-refractivity contribution in [3.05, 3.63) is 18.2 Å². The summed E-state index contributed by atoms with van der Waals surface area (Å²) in [5.41, 5.74) is 0.465. The molecule has 1 heterocycles. The zero-order chi connectivity index (χ0) is 8.27. The number of carbonyl (C=O) groups excluding carboxylic acids is 1. The number of halogens is 1. The van der Waals surface area contributed by atoms with Gasteiger partial charge in [0.1, 0.15) is 6.33 Å². The molecule has 0 radical (unpaired) electrons. The molecule has 0 bridgehead atoms. The zero-order valence-corrected chi connectivity index (χ0v) is 8.11. The lowest BCUT2D eigenvalue weighted by Crippen LogP contribution is -2.06. The van der Waals surface area contributed by atoms with E-state index in [1.807, 2.05) is 22.9 Å². The Bertz CT molecular complexity index is 259. The first-order chi connectivity index (χ1) is 5.25. The maximum atomic E-state index is 11.0. The molecule has 0 saturated heterocycles. The van der Waals surface area contributed by atoms with Crippen molar-refractivity contribution in [3.63, 3.8) is 0 Å². The number of rotatable bonds is 2. The Hall–Kier alpha value is -0.590. The van der Waals surface area contributed by atoms with Crippen molar-refractivity contribution < 1.29 is 9.53 Å². The molecule has 0 aliphatic carbocycles. The predicted molar refractivity (Wildman–Crippen MR) is 47.6 cm³/mol. The van der Waals surface area contributed by atoms with E-state index in [1.54, 1.807) is 16.0 Å². The molecule has 1 rings (SSSR count). The lowest BCUT2D eigenvalue weighted by atomic mass is 10.5. The van der Waals surface area contributed by atoms with E-state index in [-0.39, 0.29) is 5.97 Å². The second kappa shape index (κ2) is 3.70. The van der Waals surface area contributed by atoms with Gasteiger partial charge in [-0.3, -0.25) is 2.78 Å². The lowest BCUT2D eigenvalue weighted by Gasteiger charge is -1.98. The molecule has 60 valence electrons. The number of imidazole rings is 1. The summed E-state index contributed by atoms with van der Waals surface area (Å²) < 4.78 is 6.36. The third-order valence-corrected chi connectivity index (χ3v) is 1.85. The lowest BCUT2D eigenvalue weighted by molar-refractivity contribution is 0.0519. The van der Waals surface area contributed by atoms with Crippen LogP contribution in [0.2, 0.25) is 0 Å². The Kier molecular flexibility index (Phi) is 2.86. The van der Waals surface area contributed by atoms with Gasteiger partial charge in [0.25, 0.3) is 0 Å². The first kappa shape index (κ1) is 8.51. The number of esters is 1. The van der Waals surface area contributed by atoms with Crippen LogP contribution in [0.5, 0.6) is 0 Å². The fourth-order valence-corrected chi connectivity index (χ4v) is 1.09. The normalized spacial score (nSPS) is 9.64. The van der Waals surface area contributed by atoms with E-state index in [9.17, 15) is 4.79 Å². The highest BCUT2D eigenvalue weighted by atomic mass is 127. The first-order valence-electron chi connectivity index (χ1n) is 3.11. The molecule has 0 amide bonds. The SMILES string of the molecule is CCOC(=O)c1cncn1I. The Labute approximate surface area is 78.1 Å². The summed E-state index contributed by atoms with van der Waals surface area (Å²) in [6.07, 6.45) is 3.03. The second-order valence-corrected chi connectivity index (χ2v) is 2.85. The molecule has 11 heavy (non-hydrogen) atoms. The van der Waals surface area contributed by atoms with Gasteiger partial charge in [0.15, 0.2) is 5.69 Å². The molecular formula is C6H7IN2O2. The Morgan fingerprint density at radius 3 is 3.09 bits per heavy atom. The minimum absolute atomic E-state index is 0.334. The highest BCUT2D eigenvalue weighted by molar-refractivity contribution is 14.1. The van der Waals surface area contributed by atoms with Crippen LogP contribution >= 0.6 is 22.9 Å². The highest BCUT2D eigenvalue weighted by Gasteiger charge is 2.10. The molecule has 1 aromatic rings. The summed E-state index contributed by atoms with van der Waals surface area (Å²) in [5.74, 6) is -0.334. The average molecular weight is 266 g/mol.